The Hall–Kier alpha value is -0.960. The molecule has 1 aromatic rings. The maximum Gasteiger partial charge on any atom is 0.130 e. The summed E-state index contributed by atoms with van der Waals surface area (Å²) >= 11 is 0. The van der Waals surface area contributed by atoms with E-state index in [2.05, 4.69) is 26.1 Å². The van der Waals surface area contributed by atoms with Gasteiger partial charge in [0.25, 0.3) is 0 Å². The van der Waals surface area contributed by atoms with Gasteiger partial charge in [0.15, 0.2) is 0 Å². The van der Waals surface area contributed by atoms with Gasteiger partial charge in [0.2, 0.25) is 0 Å². The van der Waals surface area contributed by atoms with E-state index in [4.69, 9.17) is 0 Å². The molecule has 1 rings (SSSR count). The summed E-state index contributed by atoms with van der Waals surface area (Å²) in [4.78, 5) is 0. The van der Waals surface area contributed by atoms with Crippen LogP contribution in [0.4, 0.5) is 8.78 Å². The number of rotatable bonds is 4. The second-order valence-electron chi connectivity index (χ2n) is 5.19. The summed E-state index contributed by atoms with van der Waals surface area (Å²) in [5.74, 6) is -0.968. The SMILES string of the molecule is CCC(C)(C)C(NC)c1cc(C)c(F)cc1F. The highest BCUT2D eigenvalue weighted by molar-refractivity contribution is 5.29. The average molecular weight is 241 g/mol. The molecule has 1 N–H and O–H groups in total. The van der Waals surface area contributed by atoms with Gasteiger partial charge in [-0.2, -0.15) is 0 Å². The minimum Gasteiger partial charge on any atom is -0.312 e. The molecule has 0 aliphatic carbocycles. The first-order valence-corrected chi connectivity index (χ1v) is 5.96. The van der Waals surface area contributed by atoms with E-state index in [0.29, 0.717) is 11.1 Å². The van der Waals surface area contributed by atoms with Crippen LogP contribution in [0.25, 0.3) is 0 Å². The van der Waals surface area contributed by atoms with Crippen molar-refractivity contribution in [3.05, 3.63) is 34.9 Å². The van der Waals surface area contributed by atoms with Crippen molar-refractivity contribution in [1.82, 2.24) is 5.32 Å². The second kappa shape index (κ2) is 5.13. The van der Waals surface area contributed by atoms with Crippen molar-refractivity contribution in [3.63, 3.8) is 0 Å². The molecule has 17 heavy (non-hydrogen) atoms. The summed E-state index contributed by atoms with van der Waals surface area (Å²) in [5.41, 5.74) is 0.937. The number of aryl methyl sites for hydroxylation is 1. The Kier molecular flexibility index (Phi) is 4.26. The van der Waals surface area contributed by atoms with E-state index >= 15 is 0 Å². The predicted octanol–water partition coefficient (Wildman–Crippen LogP) is 3.97. The molecule has 0 aliphatic heterocycles. The Labute approximate surface area is 102 Å². The summed E-state index contributed by atoms with van der Waals surface area (Å²) in [7, 11) is 1.81. The summed E-state index contributed by atoms with van der Waals surface area (Å²) in [5, 5.41) is 3.13. The van der Waals surface area contributed by atoms with Crippen molar-refractivity contribution in [2.24, 2.45) is 5.41 Å². The fourth-order valence-electron chi connectivity index (χ4n) is 2.07. The first kappa shape index (κ1) is 14.1. The fourth-order valence-corrected chi connectivity index (χ4v) is 2.07. The molecule has 0 radical (unpaired) electrons. The zero-order valence-corrected chi connectivity index (χ0v) is 11.2. The van der Waals surface area contributed by atoms with E-state index in [1.807, 2.05) is 0 Å². The lowest BCUT2D eigenvalue weighted by Crippen LogP contribution is -2.32. The molecular formula is C14H21F2N. The standard InChI is InChI=1S/C14H21F2N/c1-6-14(3,4)13(17-5)10-7-9(2)11(15)8-12(10)16/h7-8,13,17H,6H2,1-5H3. The number of hydrogen-bond donors (Lipinski definition) is 1. The first-order chi connectivity index (χ1) is 7.83. The van der Waals surface area contributed by atoms with Crippen LogP contribution in [0.2, 0.25) is 0 Å². The molecule has 0 saturated heterocycles. The molecule has 0 fully saturated rings. The minimum atomic E-state index is -0.490. The molecule has 1 aromatic carbocycles. The summed E-state index contributed by atoms with van der Waals surface area (Å²) < 4.78 is 27.1. The van der Waals surface area contributed by atoms with Crippen molar-refractivity contribution in [3.8, 4) is 0 Å². The van der Waals surface area contributed by atoms with Crippen LogP contribution in [-0.2, 0) is 0 Å². The molecule has 0 saturated carbocycles. The van der Waals surface area contributed by atoms with Crippen LogP contribution in [0.15, 0.2) is 12.1 Å². The van der Waals surface area contributed by atoms with Crippen molar-refractivity contribution >= 4 is 0 Å². The first-order valence-electron chi connectivity index (χ1n) is 5.96. The van der Waals surface area contributed by atoms with Gasteiger partial charge in [-0.25, -0.2) is 8.78 Å². The lowest BCUT2D eigenvalue weighted by molar-refractivity contribution is 0.240. The number of nitrogens with one attached hydrogen (secondary N) is 1. The molecule has 1 unspecified atom stereocenters. The van der Waals surface area contributed by atoms with Gasteiger partial charge in [0.05, 0.1) is 0 Å². The number of hydrogen-bond acceptors (Lipinski definition) is 1. The third kappa shape index (κ3) is 2.83. The molecule has 1 nitrogen and oxygen atoms in total. The molecule has 0 amide bonds. The highest BCUT2D eigenvalue weighted by atomic mass is 19.1. The normalized spacial score (nSPS) is 13.8. The van der Waals surface area contributed by atoms with E-state index in [9.17, 15) is 8.78 Å². The Bertz CT molecular complexity index is 399. The summed E-state index contributed by atoms with van der Waals surface area (Å²) in [6.07, 6.45) is 0.911. The molecule has 96 valence electrons. The largest absolute Gasteiger partial charge is 0.312 e. The molecule has 0 spiro atoms. The second-order valence-corrected chi connectivity index (χ2v) is 5.19. The van der Waals surface area contributed by atoms with Gasteiger partial charge in [-0.1, -0.05) is 20.8 Å². The number of benzene rings is 1. The van der Waals surface area contributed by atoms with E-state index < -0.39 is 11.6 Å². The van der Waals surface area contributed by atoms with Crippen LogP contribution >= 0.6 is 0 Å². The highest BCUT2D eigenvalue weighted by Crippen LogP contribution is 2.37. The third-order valence-electron chi connectivity index (χ3n) is 3.57. The summed E-state index contributed by atoms with van der Waals surface area (Å²) in [6, 6.07) is 2.45. The van der Waals surface area contributed by atoms with E-state index in [-0.39, 0.29) is 11.5 Å². The average Bonchev–Trinajstić information content (AvgIpc) is 2.26. The topological polar surface area (TPSA) is 12.0 Å². The van der Waals surface area contributed by atoms with Gasteiger partial charge in [-0.05, 0) is 37.4 Å². The fraction of sp³-hybridized carbons (Fsp3) is 0.571. The molecule has 0 heterocycles. The van der Waals surface area contributed by atoms with Crippen molar-refractivity contribution in [2.45, 2.75) is 40.2 Å². The lowest BCUT2D eigenvalue weighted by atomic mass is 9.78. The monoisotopic (exact) mass is 241 g/mol. The predicted molar refractivity (Wildman–Crippen MR) is 67.0 cm³/mol. The van der Waals surface area contributed by atoms with Gasteiger partial charge in [-0.3, -0.25) is 0 Å². The Balaban J connectivity index is 3.26. The van der Waals surface area contributed by atoms with E-state index in [0.717, 1.165) is 12.5 Å². The van der Waals surface area contributed by atoms with Crippen molar-refractivity contribution < 1.29 is 8.78 Å². The zero-order valence-electron chi connectivity index (χ0n) is 11.2. The Morgan fingerprint density at radius 2 is 1.82 bits per heavy atom. The molecule has 3 heteroatoms. The maximum atomic E-state index is 13.9. The minimum absolute atomic E-state index is 0.0835. The zero-order chi connectivity index (χ0) is 13.2. The molecule has 1 atom stereocenters. The van der Waals surface area contributed by atoms with Gasteiger partial charge < -0.3 is 5.32 Å². The van der Waals surface area contributed by atoms with Gasteiger partial charge in [-0.15, -0.1) is 0 Å². The molecule has 0 bridgehead atoms. The molecule has 0 aliphatic rings. The Morgan fingerprint density at radius 3 is 2.29 bits per heavy atom. The van der Waals surface area contributed by atoms with Crippen LogP contribution in [-0.4, -0.2) is 7.05 Å². The third-order valence-corrected chi connectivity index (χ3v) is 3.57. The van der Waals surface area contributed by atoms with Crippen LogP contribution in [0.5, 0.6) is 0 Å². The number of halogens is 2. The van der Waals surface area contributed by atoms with Crippen LogP contribution < -0.4 is 5.32 Å². The van der Waals surface area contributed by atoms with E-state index in [1.54, 1.807) is 20.0 Å². The Morgan fingerprint density at radius 1 is 1.24 bits per heavy atom. The van der Waals surface area contributed by atoms with Gasteiger partial charge >= 0.3 is 0 Å². The van der Waals surface area contributed by atoms with Crippen molar-refractivity contribution in [2.75, 3.05) is 7.05 Å². The van der Waals surface area contributed by atoms with Crippen molar-refractivity contribution in [1.29, 1.82) is 0 Å². The van der Waals surface area contributed by atoms with Gasteiger partial charge in [0.1, 0.15) is 11.6 Å². The van der Waals surface area contributed by atoms with E-state index in [1.165, 1.54) is 0 Å². The quantitative estimate of drug-likeness (QED) is 0.841. The van der Waals surface area contributed by atoms with Gasteiger partial charge in [0, 0.05) is 17.7 Å². The molecular weight excluding hydrogens is 220 g/mol. The van der Waals surface area contributed by atoms with Crippen LogP contribution in [0, 0.1) is 24.0 Å². The smallest absolute Gasteiger partial charge is 0.130 e. The van der Waals surface area contributed by atoms with Crippen LogP contribution in [0.1, 0.15) is 44.4 Å². The summed E-state index contributed by atoms with van der Waals surface area (Å²) in [6.45, 7) is 7.88. The highest BCUT2D eigenvalue weighted by Gasteiger charge is 2.30. The lowest BCUT2D eigenvalue weighted by Gasteiger charge is -2.34. The van der Waals surface area contributed by atoms with Crippen LogP contribution in [0.3, 0.4) is 0 Å². The molecule has 0 aromatic heterocycles. The maximum absolute atomic E-state index is 13.9.